The Balaban J connectivity index is 2.47. The fourth-order valence-electron chi connectivity index (χ4n) is 1.78. The van der Waals surface area contributed by atoms with Gasteiger partial charge in [-0.1, -0.05) is 12.1 Å². The molecule has 2 rings (SSSR count). The maximum atomic E-state index is 13.6. The molecule has 0 fully saturated rings. The van der Waals surface area contributed by atoms with E-state index in [2.05, 4.69) is 0 Å². The van der Waals surface area contributed by atoms with E-state index in [1.807, 2.05) is 0 Å². The highest BCUT2D eigenvalue weighted by molar-refractivity contribution is 6.11. The van der Waals surface area contributed by atoms with E-state index in [1.165, 1.54) is 32.4 Å². The van der Waals surface area contributed by atoms with Gasteiger partial charge in [-0.3, -0.25) is 4.79 Å². The topological polar surface area (TPSA) is 35.5 Å². The van der Waals surface area contributed by atoms with Crippen LogP contribution >= 0.6 is 0 Å². The average molecular weight is 260 g/mol. The van der Waals surface area contributed by atoms with Gasteiger partial charge in [-0.15, -0.1) is 0 Å². The second-order valence-electron chi connectivity index (χ2n) is 3.88. The molecule has 0 aliphatic heterocycles. The molecule has 0 N–H and O–H groups in total. The fraction of sp³-hybridized carbons (Fsp3) is 0.133. The van der Waals surface area contributed by atoms with Gasteiger partial charge >= 0.3 is 0 Å². The van der Waals surface area contributed by atoms with E-state index in [-0.39, 0.29) is 5.56 Å². The molecule has 0 saturated heterocycles. The summed E-state index contributed by atoms with van der Waals surface area (Å²) in [7, 11) is 2.97. The number of ether oxygens (including phenoxy) is 2. The number of carbonyl (C=O) groups excluding carboxylic acids is 1. The lowest BCUT2D eigenvalue weighted by Crippen LogP contribution is -2.06. The van der Waals surface area contributed by atoms with Gasteiger partial charge in [0.1, 0.15) is 17.3 Å². The zero-order valence-electron chi connectivity index (χ0n) is 10.6. The molecule has 98 valence electrons. The molecular formula is C15H13FO3. The Bertz CT molecular complexity index is 608. The summed E-state index contributed by atoms with van der Waals surface area (Å²) in [6.45, 7) is 0. The quantitative estimate of drug-likeness (QED) is 0.792. The number of benzene rings is 2. The molecule has 0 bridgehead atoms. The third kappa shape index (κ3) is 2.57. The van der Waals surface area contributed by atoms with Crippen molar-refractivity contribution in [1.82, 2.24) is 0 Å². The largest absolute Gasteiger partial charge is 0.497 e. The molecule has 0 radical (unpaired) electrons. The first kappa shape index (κ1) is 13.1. The van der Waals surface area contributed by atoms with Gasteiger partial charge in [0.25, 0.3) is 0 Å². The van der Waals surface area contributed by atoms with Gasteiger partial charge in [0.2, 0.25) is 0 Å². The van der Waals surface area contributed by atoms with Crippen LogP contribution in [0.15, 0.2) is 42.5 Å². The molecule has 0 aromatic heterocycles. The monoisotopic (exact) mass is 260 g/mol. The van der Waals surface area contributed by atoms with Crippen LogP contribution in [0.25, 0.3) is 0 Å². The second-order valence-corrected chi connectivity index (χ2v) is 3.88. The lowest BCUT2D eigenvalue weighted by molar-refractivity contribution is 0.103. The van der Waals surface area contributed by atoms with Crippen LogP contribution in [0.1, 0.15) is 15.9 Å². The highest BCUT2D eigenvalue weighted by atomic mass is 19.1. The van der Waals surface area contributed by atoms with Gasteiger partial charge in [0.05, 0.1) is 25.3 Å². The predicted molar refractivity (Wildman–Crippen MR) is 69.4 cm³/mol. The number of carbonyl (C=O) groups is 1. The van der Waals surface area contributed by atoms with Crippen molar-refractivity contribution in [1.29, 1.82) is 0 Å². The van der Waals surface area contributed by atoms with Gasteiger partial charge in [-0.25, -0.2) is 4.39 Å². The predicted octanol–water partition coefficient (Wildman–Crippen LogP) is 3.07. The maximum Gasteiger partial charge on any atom is 0.199 e. The van der Waals surface area contributed by atoms with Crippen molar-refractivity contribution in [2.45, 2.75) is 0 Å². The molecule has 3 nitrogen and oxygen atoms in total. The van der Waals surface area contributed by atoms with Crippen LogP contribution in [0.3, 0.4) is 0 Å². The van der Waals surface area contributed by atoms with Crippen LogP contribution in [-0.4, -0.2) is 20.0 Å². The number of rotatable bonds is 4. The molecule has 0 saturated carbocycles. The molecule has 0 atom stereocenters. The fourth-order valence-corrected chi connectivity index (χ4v) is 1.78. The molecule has 19 heavy (non-hydrogen) atoms. The van der Waals surface area contributed by atoms with Crippen LogP contribution in [-0.2, 0) is 0 Å². The second kappa shape index (κ2) is 5.52. The summed E-state index contributed by atoms with van der Waals surface area (Å²) in [4.78, 5) is 12.3. The van der Waals surface area contributed by atoms with E-state index in [0.29, 0.717) is 17.1 Å². The summed E-state index contributed by atoms with van der Waals surface area (Å²) in [6, 6.07) is 10.6. The number of methoxy groups -OCH3 is 2. The Kier molecular flexibility index (Phi) is 3.80. The van der Waals surface area contributed by atoms with E-state index in [0.717, 1.165) is 0 Å². The first-order valence-corrected chi connectivity index (χ1v) is 5.68. The minimum atomic E-state index is -0.551. The molecule has 4 heteroatoms. The zero-order valence-corrected chi connectivity index (χ0v) is 10.6. The van der Waals surface area contributed by atoms with E-state index in [1.54, 1.807) is 24.3 Å². The molecule has 0 unspecified atom stereocenters. The highest BCUT2D eigenvalue weighted by Gasteiger charge is 2.18. The minimum absolute atomic E-state index is 0.0194. The third-order valence-electron chi connectivity index (χ3n) is 2.77. The Morgan fingerprint density at radius 1 is 1.00 bits per heavy atom. The zero-order chi connectivity index (χ0) is 13.8. The Labute approximate surface area is 110 Å². The number of hydrogen-bond donors (Lipinski definition) is 0. The number of halogens is 1. The van der Waals surface area contributed by atoms with E-state index in [4.69, 9.17) is 9.47 Å². The summed E-state index contributed by atoms with van der Waals surface area (Å²) >= 11 is 0. The normalized spacial score (nSPS) is 10.1. The Morgan fingerprint density at radius 3 is 2.37 bits per heavy atom. The highest BCUT2D eigenvalue weighted by Crippen LogP contribution is 2.27. The van der Waals surface area contributed by atoms with Crippen molar-refractivity contribution in [3.8, 4) is 11.5 Å². The third-order valence-corrected chi connectivity index (χ3v) is 2.77. The summed E-state index contributed by atoms with van der Waals surface area (Å²) in [5, 5.41) is 0. The van der Waals surface area contributed by atoms with Crippen molar-refractivity contribution < 1.29 is 18.7 Å². The van der Waals surface area contributed by atoms with Gasteiger partial charge in [0, 0.05) is 6.07 Å². The van der Waals surface area contributed by atoms with Gasteiger partial charge in [0.15, 0.2) is 5.78 Å². The maximum absolute atomic E-state index is 13.6. The molecule has 0 amide bonds. The number of hydrogen-bond acceptors (Lipinski definition) is 3. The van der Waals surface area contributed by atoms with Crippen molar-refractivity contribution in [3.05, 3.63) is 59.4 Å². The Hall–Kier alpha value is -2.36. The van der Waals surface area contributed by atoms with Crippen molar-refractivity contribution >= 4 is 5.78 Å². The van der Waals surface area contributed by atoms with Crippen LogP contribution in [0.5, 0.6) is 11.5 Å². The molecule has 0 aliphatic carbocycles. The Morgan fingerprint density at radius 2 is 1.74 bits per heavy atom. The molecule has 2 aromatic carbocycles. The molecule has 0 spiro atoms. The molecule has 0 aliphatic rings. The van der Waals surface area contributed by atoms with Crippen LogP contribution in [0.2, 0.25) is 0 Å². The lowest BCUT2D eigenvalue weighted by atomic mass is 10.0. The van der Waals surface area contributed by atoms with Gasteiger partial charge in [-0.2, -0.15) is 0 Å². The van der Waals surface area contributed by atoms with Crippen molar-refractivity contribution in [2.24, 2.45) is 0 Å². The summed E-state index contributed by atoms with van der Waals surface area (Å²) in [5.74, 6) is -0.0440. The van der Waals surface area contributed by atoms with Crippen LogP contribution in [0, 0.1) is 5.82 Å². The summed E-state index contributed by atoms with van der Waals surface area (Å²) < 4.78 is 23.8. The smallest absolute Gasteiger partial charge is 0.199 e. The molecule has 2 aromatic rings. The van der Waals surface area contributed by atoms with E-state index in [9.17, 15) is 9.18 Å². The molecule has 0 heterocycles. The molecular weight excluding hydrogens is 247 g/mol. The first-order valence-electron chi connectivity index (χ1n) is 5.68. The number of ketones is 1. The van der Waals surface area contributed by atoms with Crippen molar-refractivity contribution in [2.75, 3.05) is 14.2 Å². The summed E-state index contributed by atoms with van der Waals surface area (Å²) in [6.07, 6.45) is 0. The standard InChI is InChI=1S/C15H13FO3/c1-18-10-7-8-12(14(9-10)19-2)15(17)11-5-3-4-6-13(11)16/h3-9H,1-2H3. The van der Waals surface area contributed by atoms with Gasteiger partial charge in [-0.05, 0) is 24.3 Å². The SMILES string of the molecule is COc1ccc(C(=O)c2ccccc2F)c(OC)c1. The van der Waals surface area contributed by atoms with Gasteiger partial charge < -0.3 is 9.47 Å². The minimum Gasteiger partial charge on any atom is -0.497 e. The first-order chi connectivity index (χ1) is 9.17. The summed E-state index contributed by atoms with van der Waals surface area (Å²) in [5.41, 5.74) is 0.319. The lowest BCUT2D eigenvalue weighted by Gasteiger charge is -2.10. The van der Waals surface area contributed by atoms with Crippen LogP contribution in [0.4, 0.5) is 4.39 Å². The van der Waals surface area contributed by atoms with E-state index < -0.39 is 11.6 Å². The van der Waals surface area contributed by atoms with Crippen molar-refractivity contribution in [3.63, 3.8) is 0 Å². The van der Waals surface area contributed by atoms with Crippen LogP contribution < -0.4 is 9.47 Å². The van der Waals surface area contributed by atoms with E-state index >= 15 is 0 Å². The average Bonchev–Trinajstić information content (AvgIpc) is 2.46.